The fraction of sp³-hybridized carbons (Fsp3) is 0.273. The van der Waals surface area contributed by atoms with Crippen molar-refractivity contribution in [3.63, 3.8) is 0 Å². The number of rotatable bonds is 0. The largest absolute Gasteiger partial charge is 0.261 e. The van der Waals surface area contributed by atoms with Crippen LogP contribution in [0.25, 0.3) is 89.8 Å². The van der Waals surface area contributed by atoms with Gasteiger partial charge >= 0.3 is 0 Å². The van der Waals surface area contributed by atoms with Crippen LogP contribution in [0.4, 0.5) is 0 Å². The fourth-order valence-electron chi connectivity index (χ4n) is 20.8. The van der Waals surface area contributed by atoms with E-state index in [0.29, 0.717) is 0 Å². The molecule has 0 aliphatic heterocycles. The molecule has 0 bridgehead atoms. The first-order valence-electron chi connectivity index (χ1n) is 46.2. The average molecular weight is 1690 g/mol. The van der Waals surface area contributed by atoms with Gasteiger partial charge in [-0.3, -0.25) is 39.9 Å². The zero-order chi connectivity index (χ0) is 91.1. The Morgan fingerprint density at radius 3 is 1.15 bits per heavy atom. The monoisotopic (exact) mass is 1690 g/mol. The first-order chi connectivity index (χ1) is 61.8. The Morgan fingerprint density at radius 2 is 0.581 bits per heavy atom. The molecule has 8 aliphatic carbocycles. The molecule has 0 unspecified atom stereocenters. The highest BCUT2D eigenvalue weighted by atomic mass is 14.7. The van der Waals surface area contributed by atoms with Gasteiger partial charge in [0.1, 0.15) is 0 Å². The summed E-state index contributed by atoms with van der Waals surface area (Å²) in [6, 6.07) is 52.5. The molecule has 24 rings (SSSR count). The van der Waals surface area contributed by atoms with Crippen molar-refractivity contribution in [1.29, 1.82) is 0 Å². The van der Waals surface area contributed by atoms with E-state index >= 15 is 0 Å². The highest BCUT2D eigenvalue weighted by molar-refractivity contribution is 5.85. The van der Waals surface area contributed by atoms with Crippen LogP contribution < -0.4 is 0 Å². The van der Waals surface area contributed by atoms with Crippen molar-refractivity contribution in [2.24, 2.45) is 0 Å². The molecule has 0 spiro atoms. The molecular formula is C121H122N8. The lowest BCUT2D eigenvalue weighted by Crippen LogP contribution is -1.93. The molecule has 0 saturated carbocycles. The normalized spacial score (nSPS) is 12.4. The van der Waals surface area contributed by atoms with Gasteiger partial charge in [-0.05, 0) is 445 Å². The van der Waals surface area contributed by atoms with Crippen molar-refractivity contribution in [3.05, 3.63) is 417 Å². The smallest absolute Gasteiger partial charge is 0.0743 e. The molecule has 0 fully saturated rings. The third-order valence-electron chi connectivity index (χ3n) is 30.1. The molecule has 8 heterocycles. The number of nitrogens with zero attached hydrogens (tertiary/aromatic N) is 8. The Morgan fingerprint density at radius 1 is 0.186 bits per heavy atom. The second-order valence-electron chi connectivity index (χ2n) is 37.8. The molecule has 8 aromatic heterocycles. The third kappa shape index (κ3) is 16.3. The minimum absolute atomic E-state index is 1.05. The summed E-state index contributed by atoms with van der Waals surface area (Å²) in [7, 11) is 0. The van der Waals surface area contributed by atoms with Crippen molar-refractivity contribution in [2.75, 3.05) is 0 Å². The summed E-state index contributed by atoms with van der Waals surface area (Å²) in [5.74, 6) is 0. The maximum Gasteiger partial charge on any atom is 0.0743 e. The molecular weight excluding hydrogens is 1570 g/mol. The quantitative estimate of drug-likeness (QED) is 0.148. The summed E-state index contributed by atoms with van der Waals surface area (Å²) >= 11 is 0. The van der Waals surface area contributed by atoms with E-state index in [9.17, 15) is 0 Å². The SMILES string of the molecule is Cc1cc(C)c2c(c1C)Cc1cccnc1-2.Cc1cc2c(c(C)c1C)Cc1cccnc1-2.Cc1ccc2c(c1C)Cc1c(C)ccnc1-2.Cc1ccc2c(c1C)Cc1c(C)cnc(C)c1-2.Cc1ccc2c(c1C)Cc1c-2cnc(C)c1C.Cc1ccc2c(c1C)Cc1cccnc1-2.Cc1ccc2c(n1)-c1ccc(C)c(C)c1C2.Cc1cnc2c(c1)Cc1c-2ccc(C)c1C. The van der Waals surface area contributed by atoms with Crippen LogP contribution in [0.1, 0.15) is 228 Å². The lowest BCUT2D eigenvalue weighted by Gasteiger charge is -2.10. The Kier molecular flexibility index (Phi) is 24.2. The molecule has 8 aromatic carbocycles. The first-order valence-corrected chi connectivity index (χ1v) is 46.2. The van der Waals surface area contributed by atoms with Gasteiger partial charge in [0.2, 0.25) is 0 Å². The number of hydrogen-bond donors (Lipinski definition) is 0. The van der Waals surface area contributed by atoms with Crippen molar-refractivity contribution >= 4 is 0 Å². The summed E-state index contributed by atoms with van der Waals surface area (Å²) in [6.45, 7) is 54.5. The van der Waals surface area contributed by atoms with E-state index in [4.69, 9.17) is 0 Å². The van der Waals surface area contributed by atoms with E-state index in [1.165, 1.54) is 301 Å². The molecule has 129 heavy (non-hydrogen) atoms. The van der Waals surface area contributed by atoms with Gasteiger partial charge in [-0.1, -0.05) is 109 Å². The molecule has 0 amide bonds. The molecule has 0 atom stereocenters. The van der Waals surface area contributed by atoms with Gasteiger partial charge in [0, 0.05) is 143 Å². The van der Waals surface area contributed by atoms with Crippen molar-refractivity contribution in [3.8, 4) is 89.8 Å². The van der Waals surface area contributed by atoms with Gasteiger partial charge in [-0.2, -0.15) is 0 Å². The molecule has 8 nitrogen and oxygen atoms in total. The molecule has 0 radical (unpaired) electrons. The second kappa shape index (κ2) is 35.5. The number of hydrogen-bond acceptors (Lipinski definition) is 8. The minimum Gasteiger partial charge on any atom is -0.261 e. The Labute approximate surface area is 766 Å². The van der Waals surface area contributed by atoms with Gasteiger partial charge in [0.05, 0.1) is 34.2 Å². The predicted molar refractivity (Wildman–Crippen MR) is 538 cm³/mol. The van der Waals surface area contributed by atoms with Crippen molar-refractivity contribution in [2.45, 2.75) is 224 Å². The lowest BCUT2D eigenvalue weighted by molar-refractivity contribution is 1.10. The van der Waals surface area contributed by atoms with Gasteiger partial charge < -0.3 is 0 Å². The van der Waals surface area contributed by atoms with Gasteiger partial charge in [0.25, 0.3) is 0 Å². The first kappa shape index (κ1) is 88.0. The fourth-order valence-corrected chi connectivity index (χ4v) is 20.8. The Bertz CT molecular complexity index is 7220. The van der Waals surface area contributed by atoms with E-state index in [0.717, 1.165) is 68.4 Å². The van der Waals surface area contributed by atoms with E-state index < -0.39 is 0 Å². The Hall–Kier alpha value is -13.0. The minimum atomic E-state index is 1.05. The summed E-state index contributed by atoms with van der Waals surface area (Å²) in [4.78, 5) is 36.3. The maximum atomic E-state index is 4.67. The molecule has 8 aliphatic rings. The zero-order valence-corrected chi connectivity index (χ0v) is 80.6. The standard InChI is InChI=1S/2C16H17N.5C15H15N.C14H13N/c1-9-5-6-13-14(10(9)2)7-15-11(3)12(4)17-8-16(13)15;1-9-5-6-13-15(11(9)3)7-14-10(2)8-17-12(4)16(13)14;1-9-4-7-13-14(11(9)3)8-12-6-5-10(2)16-15(12)13;1-9-6-12-7-14-11(3)10(2)4-5-13(14)15(12)16-8-9;1-9-4-5-12-14(11(9)3)8-13-10(2)6-7-16-15(12)13;1-9-7-14-13(11(3)10(9)2)8-12-5-4-6-16-15(12)14;1-9-7-10(2)14-13(11(9)3)8-12-5-4-6-16-15(12)14;1-9-5-6-12-13(10(9)2)8-11-4-3-7-15-14(11)12/h2*5-6,8H,7H2,1-4H3;4-7H,8H2,1-3H3;4-6,8H,7H2,1-3H3;3*4-7H,8H2,1-3H3;3-7H,8H2,1-2H3. The number of fused-ring (bicyclic) bond motifs is 24. The van der Waals surface area contributed by atoms with Gasteiger partial charge in [-0.25, -0.2) is 0 Å². The van der Waals surface area contributed by atoms with E-state index in [1.807, 2.05) is 61.6 Å². The van der Waals surface area contributed by atoms with Gasteiger partial charge in [-0.15, -0.1) is 0 Å². The van der Waals surface area contributed by atoms with Crippen LogP contribution in [0, 0.1) is 173 Å². The highest BCUT2D eigenvalue weighted by Gasteiger charge is 2.31. The summed E-state index contributed by atoms with van der Waals surface area (Å²) in [5, 5.41) is 0. The van der Waals surface area contributed by atoms with Crippen LogP contribution >= 0.6 is 0 Å². The third-order valence-corrected chi connectivity index (χ3v) is 30.1. The van der Waals surface area contributed by atoms with Crippen molar-refractivity contribution < 1.29 is 0 Å². The van der Waals surface area contributed by atoms with Crippen LogP contribution in [0.3, 0.4) is 0 Å². The van der Waals surface area contributed by atoms with E-state index in [2.05, 4.69) is 340 Å². The van der Waals surface area contributed by atoms with E-state index in [1.54, 1.807) is 0 Å². The van der Waals surface area contributed by atoms with E-state index in [-0.39, 0.29) is 0 Å². The zero-order valence-electron chi connectivity index (χ0n) is 80.6. The summed E-state index contributed by atoms with van der Waals surface area (Å²) in [6.07, 6.45) is 22.0. The highest BCUT2D eigenvalue weighted by Crippen LogP contribution is 2.48. The molecule has 0 N–H and O–H groups in total. The van der Waals surface area contributed by atoms with Crippen LogP contribution in [0.5, 0.6) is 0 Å². The topological polar surface area (TPSA) is 103 Å². The van der Waals surface area contributed by atoms with Crippen LogP contribution in [0.2, 0.25) is 0 Å². The number of benzene rings is 8. The molecule has 646 valence electrons. The number of aryl methyl sites for hydroxylation is 15. The lowest BCUT2D eigenvalue weighted by atomic mass is 9.95. The summed E-state index contributed by atoms with van der Waals surface area (Å²) in [5.41, 5.74) is 77.7. The predicted octanol–water partition coefficient (Wildman–Crippen LogP) is 28.9. The number of pyridine rings is 8. The van der Waals surface area contributed by atoms with Crippen LogP contribution in [-0.4, -0.2) is 39.9 Å². The van der Waals surface area contributed by atoms with Gasteiger partial charge in [0.15, 0.2) is 0 Å². The summed E-state index contributed by atoms with van der Waals surface area (Å²) < 4.78 is 0. The maximum absolute atomic E-state index is 4.67. The number of aromatic nitrogens is 8. The van der Waals surface area contributed by atoms with Crippen molar-refractivity contribution in [1.82, 2.24) is 39.9 Å². The average Bonchev–Trinajstić information content (AvgIpc) is 1.59. The molecule has 0 saturated heterocycles. The van der Waals surface area contributed by atoms with Crippen LogP contribution in [0.15, 0.2) is 189 Å². The molecule has 8 heteroatoms. The second-order valence-corrected chi connectivity index (χ2v) is 37.8. The Balaban J connectivity index is 0.000000104. The van der Waals surface area contributed by atoms with Crippen LogP contribution in [-0.2, 0) is 51.4 Å². The molecule has 16 aromatic rings.